The van der Waals surface area contributed by atoms with E-state index in [1.165, 1.54) is 19.1 Å². The number of benzene rings is 1. The fraction of sp³-hybridized carbons (Fsp3) is 0.462. The highest BCUT2D eigenvalue weighted by Crippen LogP contribution is 2.29. The van der Waals surface area contributed by atoms with Crippen LogP contribution in [0.5, 0.6) is 5.75 Å². The van der Waals surface area contributed by atoms with Crippen molar-refractivity contribution in [3.63, 3.8) is 0 Å². The molecule has 1 unspecified atom stereocenters. The number of nitrogens with zero attached hydrogens (tertiary/aromatic N) is 1. The Morgan fingerprint density at radius 3 is 2.85 bits per heavy atom. The smallest absolute Gasteiger partial charge is 0.344 e. The number of nitro benzene ring substituents is 1. The maximum Gasteiger partial charge on any atom is 0.344 e. The van der Waals surface area contributed by atoms with Crippen molar-refractivity contribution >= 4 is 11.7 Å². The van der Waals surface area contributed by atoms with Gasteiger partial charge in [0, 0.05) is 18.7 Å². The molecule has 108 valence electrons. The number of nitro groups is 1. The second kappa shape index (κ2) is 5.87. The first-order valence-corrected chi connectivity index (χ1v) is 6.37. The van der Waals surface area contributed by atoms with Gasteiger partial charge in [0.25, 0.3) is 0 Å². The van der Waals surface area contributed by atoms with Crippen LogP contribution in [0.3, 0.4) is 0 Å². The van der Waals surface area contributed by atoms with Crippen molar-refractivity contribution in [3.8, 4) is 5.75 Å². The van der Waals surface area contributed by atoms with Crippen molar-refractivity contribution in [1.82, 2.24) is 5.32 Å². The molecule has 0 aromatic heterocycles. The van der Waals surface area contributed by atoms with Crippen LogP contribution in [0.25, 0.3) is 0 Å². The normalized spacial score (nSPS) is 15.7. The van der Waals surface area contributed by atoms with E-state index >= 15 is 0 Å². The Morgan fingerprint density at radius 2 is 2.30 bits per heavy atom. The molecular weight excluding hydrogens is 264 g/mol. The summed E-state index contributed by atoms with van der Waals surface area (Å²) < 4.78 is 5.10. The molecule has 0 aliphatic heterocycles. The topological polar surface area (TPSA) is 102 Å². The van der Waals surface area contributed by atoms with Crippen LogP contribution in [0.15, 0.2) is 18.2 Å². The van der Waals surface area contributed by atoms with Crippen LogP contribution in [-0.4, -0.2) is 28.1 Å². The first-order valence-electron chi connectivity index (χ1n) is 6.37. The molecule has 1 aromatic carbocycles. The maximum absolute atomic E-state index is 11.0. The summed E-state index contributed by atoms with van der Waals surface area (Å²) in [5.74, 6) is -1.20. The van der Waals surface area contributed by atoms with E-state index in [9.17, 15) is 14.9 Å². The van der Waals surface area contributed by atoms with Gasteiger partial charge in [-0.15, -0.1) is 0 Å². The number of aliphatic carboxylic acids is 1. The molecule has 1 aromatic rings. The van der Waals surface area contributed by atoms with Crippen molar-refractivity contribution in [1.29, 1.82) is 0 Å². The summed E-state index contributed by atoms with van der Waals surface area (Å²) in [6.45, 7) is 1.88. The van der Waals surface area contributed by atoms with Gasteiger partial charge in [0.05, 0.1) is 4.92 Å². The van der Waals surface area contributed by atoms with Gasteiger partial charge in [-0.05, 0) is 31.4 Å². The van der Waals surface area contributed by atoms with Gasteiger partial charge in [0.2, 0.25) is 0 Å². The fourth-order valence-corrected chi connectivity index (χ4v) is 1.71. The number of carboxylic acid groups (broad SMARTS) is 1. The Kier molecular flexibility index (Phi) is 4.19. The largest absolute Gasteiger partial charge is 0.479 e. The molecule has 7 heteroatoms. The number of hydrogen-bond donors (Lipinski definition) is 2. The summed E-state index contributed by atoms with van der Waals surface area (Å²) in [4.78, 5) is 21.2. The first kappa shape index (κ1) is 14.3. The summed E-state index contributed by atoms with van der Waals surface area (Å²) in [5.41, 5.74) is 0.562. The lowest BCUT2D eigenvalue weighted by molar-refractivity contribution is -0.386. The monoisotopic (exact) mass is 280 g/mol. The number of carbonyl (C=O) groups is 1. The molecule has 0 radical (unpaired) electrons. The van der Waals surface area contributed by atoms with Gasteiger partial charge in [-0.1, -0.05) is 6.07 Å². The van der Waals surface area contributed by atoms with Crippen LogP contribution in [0, 0.1) is 10.1 Å². The molecule has 0 heterocycles. The predicted molar refractivity (Wildman–Crippen MR) is 70.7 cm³/mol. The van der Waals surface area contributed by atoms with Gasteiger partial charge in [-0.2, -0.15) is 0 Å². The van der Waals surface area contributed by atoms with Gasteiger partial charge in [0.15, 0.2) is 11.9 Å². The van der Waals surface area contributed by atoms with E-state index in [0.29, 0.717) is 12.6 Å². The molecule has 2 N–H and O–H groups in total. The molecule has 0 bridgehead atoms. The zero-order chi connectivity index (χ0) is 14.7. The van der Waals surface area contributed by atoms with Gasteiger partial charge in [-0.3, -0.25) is 10.1 Å². The van der Waals surface area contributed by atoms with E-state index in [1.54, 1.807) is 6.07 Å². The minimum Gasteiger partial charge on any atom is -0.479 e. The van der Waals surface area contributed by atoms with Crippen molar-refractivity contribution in [3.05, 3.63) is 33.9 Å². The van der Waals surface area contributed by atoms with Gasteiger partial charge in [0.1, 0.15) is 0 Å². The average Bonchev–Trinajstić information content (AvgIpc) is 3.21. The molecule has 20 heavy (non-hydrogen) atoms. The third kappa shape index (κ3) is 3.67. The van der Waals surface area contributed by atoms with Gasteiger partial charge >= 0.3 is 11.7 Å². The zero-order valence-electron chi connectivity index (χ0n) is 11.0. The summed E-state index contributed by atoms with van der Waals surface area (Å²) in [5, 5.41) is 23.1. The Morgan fingerprint density at radius 1 is 1.60 bits per heavy atom. The lowest BCUT2D eigenvalue weighted by Gasteiger charge is -2.11. The Balaban J connectivity index is 2.13. The second-order valence-electron chi connectivity index (χ2n) is 4.81. The van der Waals surface area contributed by atoms with Gasteiger partial charge in [-0.25, -0.2) is 4.79 Å². The van der Waals surface area contributed by atoms with Crippen LogP contribution in [0.4, 0.5) is 5.69 Å². The maximum atomic E-state index is 11.0. The van der Waals surface area contributed by atoms with Crippen molar-refractivity contribution in [2.45, 2.75) is 38.5 Å². The number of hydrogen-bond acceptors (Lipinski definition) is 5. The molecule has 1 saturated carbocycles. The number of nitrogens with one attached hydrogen (secondary N) is 1. The summed E-state index contributed by atoms with van der Waals surface area (Å²) in [6, 6.07) is 5.07. The van der Waals surface area contributed by atoms with Crippen LogP contribution in [0.2, 0.25) is 0 Å². The molecular formula is C13H16N2O5. The molecule has 1 aliphatic carbocycles. The van der Waals surface area contributed by atoms with E-state index in [4.69, 9.17) is 9.84 Å². The Bertz CT molecular complexity index is 527. The van der Waals surface area contributed by atoms with Gasteiger partial charge < -0.3 is 15.2 Å². The molecule has 0 amide bonds. The highest BCUT2D eigenvalue weighted by molar-refractivity contribution is 5.72. The van der Waals surface area contributed by atoms with E-state index in [0.717, 1.165) is 18.4 Å². The molecule has 2 rings (SSSR count). The molecule has 0 spiro atoms. The molecule has 7 nitrogen and oxygen atoms in total. The minimum atomic E-state index is -1.17. The summed E-state index contributed by atoms with van der Waals surface area (Å²) >= 11 is 0. The Hall–Kier alpha value is -2.15. The van der Waals surface area contributed by atoms with E-state index in [-0.39, 0.29) is 11.4 Å². The van der Waals surface area contributed by atoms with Crippen molar-refractivity contribution < 1.29 is 19.6 Å². The second-order valence-corrected chi connectivity index (χ2v) is 4.81. The third-order valence-corrected chi connectivity index (χ3v) is 3.04. The van der Waals surface area contributed by atoms with E-state index in [2.05, 4.69) is 5.32 Å². The van der Waals surface area contributed by atoms with E-state index in [1.807, 2.05) is 0 Å². The summed E-state index contributed by atoms with van der Waals surface area (Å²) in [7, 11) is 0. The number of rotatable bonds is 7. The lowest BCUT2D eigenvalue weighted by atomic mass is 10.2. The van der Waals surface area contributed by atoms with Crippen LogP contribution in [0.1, 0.15) is 25.3 Å². The SMILES string of the molecule is CC(Oc1ccc(CNC2CC2)cc1[N+](=O)[O-])C(=O)O. The van der Waals surface area contributed by atoms with Crippen molar-refractivity contribution in [2.75, 3.05) is 0 Å². The Labute approximate surface area is 115 Å². The van der Waals surface area contributed by atoms with Crippen LogP contribution < -0.4 is 10.1 Å². The lowest BCUT2D eigenvalue weighted by Crippen LogP contribution is -2.23. The summed E-state index contributed by atoms with van der Waals surface area (Å²) in [6.07, 6.45) is 1.14. The van der Waals surface area contributed by atoms with E-state index < -0.39 is 17.0 Å². The van der Waals surface area contributed by atoms with Crippen LogP contribution >= 0.6 is 0 Å². The molecule has 1 atom stereocenters. The number of ether oxygens (including phenoxy) is 1. The standard InChI is InChI=1S/C13H16N2O5/c1-8(13(16)17)20-12-5-2-9(6-11(12)15(18)19)7-14-10-3-4-10/h2,5-6,8,10,14H,3-4,7H2,1H3,(H,16,17). The average molecular weight is 280 g/mol. The van der Waals surface area contributed by atoms with Crippen LogP contribution in [-0.2, 0) is 11.3 Å². The highest BCUT2D eigenvalue weighted by Gasteiger charge is 2.23. The quantitative estimate of drug-likeness (QED) is 0.582. The molecule has 1 aliphatic rings. The molecule has 0 saturated heterocycles. The zero-order valence-corrected chi connectivity index (χ0v) is 11.0. The molecule has 1 fully saturated rings. The first-order chi connectivity index (χ1) is 9.47. The third-order valence-electron chi connectivity index (χ3n) is 3.04. The minimum absolute atomic E-state index is 0.0277. The predicted octanol–water partition coefficient (Wildman–Crippen LogP) is 1.70. The van der Waals surface area contributed by atoms with Crippen molar-refractivity contribution in [2.24, 2.45) is 0 Å². The highest BCUT2D eigenvalue weighted by atomic mass is 16.6. The fourth-order valence-electron chi connectivity index (χ4n) is 1.71. The number of carboxylic acids is 1.